The number of nitrogens with zero attached hydrogens (tertiary/aromatic N) is 3. The molecule has 3 aromatic rings. The number of carbonyl (C=O) groups excluding carboxylic acids is 1. The highest BCUT2D eigenvalue weighted by atomic mass is 32.1. The largest absolute Gasteiger partial charge is 0.465 e. The number of aromatic nitrogens is 1. The predicted octanol–water partition coefficient (Wildman–Crippen LogP) is 4.73. The molecule has 0 N–H and O–H groups in total. The van der Waals surface area contributed by atoms with Crippen LogP contribution < -0.4 is 4.80 Å². The molecule has 29 heavy (non-hydrogen) atoms. The summed E-state index contributed by atoms with van der Waals surface area (Å²) in [5.74, 6) is -0.350. The molecule has 0 spiro atoms. The van der Waals surface area contributed by atoms with Crippen molar-refractivity contribution in [2.45, 2.75) is 27.7 Å². The fourth-order valence-corrected chi connectivity index (χ4v) is 3.92. The molecule has 6 heteroatoms. The third-order valence-electron chi connectivity index (χ3n) is 4.75. The second kappa shape index (κ2) is 9.01. The first-order valence-electron chi connectivity index (χ1n) is 9.46. The fourth-order valence-electron chi connectivity index (χ4n) is 3.02. The zero-order chi connectivity index (χ0) is 21.0. The van der Waals surface area contributed by atoms with Gasteiger partial charge in [-0.2, -0.15) is 5.10 Å². The Morgan fingerprint density at radius 1 is 1.10 bits per heavy atom. The number of rotatable bonds is 5. The first-order chi connectivity index (χ1) is 13.9. The van der Waals surface area contributed by atoms with Crippen molar-refractivity contribution < 1.29 is 9.53 Å². The molecule has 0 aliphatic heterocycles. The highest BCUT2D eigenvalue weighted by Crippen LogP contribution is 2.27. The zero-order valence-electron chi connectivity index (χ0n) is 17.4. The van der Waals surface area contributed by atoms with Crippen molar-refractivity contribution in [1.29, 1.82) is 0 Å². The smallest absolute Gasteiger partial charge is 0.337 e. The van der Waals surface area contributed by atoms with Crippen molar-refractivity contribution in [1.82, 2.24) is 4.68 Å². The van der Waals surface area contributed by atoms with Crippen molar-refractivity contribution >= 4 is 23.5 Å². The summed E-state index contributed by atoms with van der Waals surface area (Å²) in [6.45, 7) is 9.07. The van der Waals surface area contributed by atoms with E-state index in [-0.39, 0.29) is 5.97 Å². The summed E-state index contributed by atoms with van der Waals surface area (Å²) in [4.78, 5) is 17.0. The lowest BCUT2D eigenvalue weighted by molar-refractivity contribution is 0.0600. The van der Waals surface area contributed by atoms with Crippen LogP contribution in [0.2, 0.25) is 0 Å². The molecule has 0 saturated carbocycles. The Hall–Kier alpha value is -2.99. The quantitative estimate of drug-likeness (QED) is 0.453. The molecule has 1 heterocycles. The summed E-state index contributed by atoms with van der Waals surface area (Å²) in [5.41, 5.74) is 7.31. The van der Waals surface area contributed by atoms with E-state index in [0.717, 1.165) is 21.6 Å². The minimum Gasteiger partial charge on any atom is -0.465 e. The fraction of sp³-hybridized carbons (Fsp3) is 0.261. The third-order valence-corrected chi connectivity index (χ3v) is 5.60. The van der Waals surface area contributed by atoms with Crippen LogP contribution in [0.5, 0.6) is 0 Å². The summed E-state index contributed by atoms with van der Waals surface area (Å²) in [6.07, 6.45) is 1.78. The Kier molecular flexibility index (Phi) is 6.44. The van der Waals surface area contributed by atoms with Crippen molar-refractivity contribution in [2.75, 3.05) is 13.7 Å². The molecule has 0 aliphatic rings. The second-order valence-corrected chi connectivity index (χ2v) is 7.64. The second-order valence-electron chi connectivity index (χ2n) is 6.80. The Bertz CT molecular complexity index is 1120. The molecule has 0 bridgehead atoms. The number of carbonyl (C=O) groups is 1. The lowest BCUT2D eigenvalue weighted by Gasteiger charge is -2.10. The molecule has 150 valence electrons. The summed E-state index contributed by atoms with van der Waals surface area (Å²) in [5, 5.41) is 6.81. The molecular formula is C23H25N3O2S. The van der Waals surface area contributed by atoms with Gasteiger partial charge in [-0.3, -0.25) is 4.99 Å². The molecule has 0 unspecified atom stereocenters. The molecule has 1 aromatic heterocycles. The van der Waals surface area contributed by atoms with Gasteiger partial charge in [0.15, 0.2) is 0 Å². The standard InChI is InChI=1S/C23H25N3O2S/c1-6-24-23-26(25-13-18-7-9-19(10-8-18)22(27)28-5)21(14-29-23)20-12-16(3)15(2)11-17(20)4/h7-14H,6H2,1-5H3. The topological polar surface area (TPSA) is 56.0 Å². The van der Waals surface area contributed by atoms with Gasteiger partial charge in [0.25, 0.3) is 0 Å². The van der Waals surface area contributed by atoms with Crippen LogP contribution in [0.15, 0.2) is 51.9 Å². The number of thiazole rings is 1. The van der Waals surface area contributed by atoms with Gasteiger partial charge in [-0.05, 0) is 68.1 Å². The number of benzene rings is 2. The minimum atomic E-state index is -0.350. The van der Waals surface area contributed by atoms with Gasteiger partial charge in [0.2, 0.25) is 4.80 Å². The van der Waals surface area contributed by atoms with E-state index in [9.17, 15) is 4.79 Å². The van der Waals surface area contributed by atoms with Crippen LogP contribution in [0.1, 0.15) is 39.5 Å². The molecule has 0 aliphatic carbocycles. The van der Waals surface area contributed by atoms with E-state index in [1.165, 1.54) is 23.8 Å². The maximum absolute atomic E-state index is 11.6. The Balaban J connectivity index is 2.04. The monoisotopic (exact) mass is 407 g/mol. The molecule has 3 rings (SSSR count). The SMILES string of the molecule is CCN=c1scc(-c2cc(C)c(C)cc2C)n1N=Cc1ccc(C(=O)OC)cc1. The zero-order valence-corrected chi connectivity index (χ0v) is 18.2. The molecule has 0 radical (unpaired) electrons. The number of methoxy groups -OCH3 is 1. The van der Waals surface area contributed by atoms with Gasteiger partial charge in [0.05, 0.1) is 24.6 Å². The summed E-state index contributed by atoms with van der Waals surface area (Å²) < 4.78 is 6.63. The molecule has 0 amide bonds. The van der Waals surface area contributed by atoms with Crippen LogP contribution in [-0.4, -0.2) is 30.5 Å². The van der Waals surface area contributed by atoms with Crippen LogP contribution >= 0.6 is 11.3 Å². The van der Waals surface area contributed by atoms with E-state index in [1.807, 2.05) is 23.7 Å². The van der Waals surface area contributed by atoms with Gasteiger partial charge >= 0.3 is 5.97 Å². The first-order valence-corrected chi connectivity index (χ1v) is 10.3. The van der Waals surface area contributed by atoms with E-state index in [4.69, 9.17) is 9.84 Å². The van der Waals surface area contributed by atoms with Crippen LogP contribution in [0.4, 0.5) is 0 Å². The van der Waals surface area contributed by atoms with Gasteiger partial charge < -0.3 is 4.74 Å². The van der Waals surface area contributed by atoms with Crippen molar-refractivity contribution in [3.05, 3.63) is 74.4 Å². The highest BCUT2D eigenvalue weighted by molar-refractivity contribution is 7.07. The normalized spacial score (nSPS) is 12.0. The van der Waals surface area contributed by atoms with Crippen LogP contribution in [0.25, 0.3) is 11.3 Å². The van der Waals surface area contributed by atoms with Crippen molar-refractivity contribution in [3.8, 4) is 11.3 Å². The van der Waals surface area contributed by atoms with E-state index in [1.54, 1.807) is 29.7 Å². The Labute approximate surface area is 175 Å². The van der Waals surface area contributed by atoms with Crippen LogP contribution in [-0.2, 0) is 4.74 Å². The Morgan fingerprint density at radius 2 is 1.79 bits per heavy atom. The molecule has 2 aromatic carbocycles. The Morgan fingerprint density at radius 3 is 2.45 bits per heavy atom. The van der Waals surface area contributed by atoms with Gasteiger partial charge in [-0.1, -0.05) is 18.2 Å². The van der Waals surface area contributed by atoms with Gasteiger partial charge in [0.1, 0.15) is 0 Å². The highest BCUT2D eigenvalue weighted by Gasteiger charge is 2.11. The maximum Gasteiger partial charge on any atom is 0.337 e. The molecule has 0 atom stereocenters. The van der Waals surface area contributed by atoms with Crippen LogP contribution in [0, 0.1) is 20.8 Å². The summed E-state index contributed by atoms with van der Waals surface area (Å²) >= 11 is 1.58. The van der Waals surface area contributed by atoms with Gasteiger partial charge in [-0.25, -0.2) is 9.47 Å². The van der Waals surface area contributed by atoms with E-state index < -0.39 is 0 Å². The lowest BCUT2D eigenvalue weighted by Crippen LogP contribution is -2.12. The van der Waals surface area contributed by atoms with Gasteiger partial charge in [-0.15, -0.1) is 11.3 Å². The number of esters is 1. The molecular weight excluding hydrogens is 382 g/mol. The third kappa shape index (κ3) is 4.54. The van der Waals surface area contributed by atoms with Gasteiger partial charge in [0, 0.05) is 17.5 Å². The van der Waals surface area contributed by atoms with Crippen LogP contribution in [0.3, 0.4) is 0 Å². The predicted molar refractivity (Wildman–Crippen MR) is 119 cm³/mol. The lowest BCUT2D eigenvalue weighted by atomic mass is 9.99. The van der Waals surface area contributed by atoms with E-state index >= 15 is 0 Å². The molecule has 0 saturated heterocycles. The minimum absolute atomic E-state index is 0.350. The van der Waals surface area contributed by atoms with E-state index in [2.05, 4.69) is 43.3 Å². The average Bonchev–Trinajstić information content (AvgIpc) is 3.11. The number of hydrogen-bond donors (Lipinski definition) is 0. The number of aryl methyl sites for hydroxylation is 3. The maximum atomic E-state index is 11.6. The summed E-state index contributed by atoms with van der Waals surface area (Å²) in [6, 6.07) is 11.6. The number of hydrogen-bond acceptors (Lipinski definition) is 5. The molecule has 5 nitrogen and oxygen atoms in total. The van der Waals surface area contributed by atoms with E-state index in [0.29, 0.717) is 12.1 Å². The average molecular weight is 408 g/mol. The number of ether oxygens (including phenoxy) is 1. The summed E-state index contributed by atoms with van der Waals surface area (Å²) in [7, 11) is 1.37. The first kappa shape index (κ1) is 20.7. The van der Waals surface area contributed by atoms with Crippen molar-refractivity contribution in [2.24, 2.45) is 10.1 Å². The molecule has 0 fully saturated rings. The van der Waals surface area contributed by atoms with Crippen molar-refractivity contribution in [3.63, 3.8) is 0 Å².